The van der Waals surface area contributed by atoms with Crippen molar-refractivity contribution in [1.82, 2.24) is 0 Å². The van der Waals surface area contributed by atoms with Crippen molar-refractivity contribution >= 4 is 17.3 Å². The summed E-state index contributed by atoms with van der Waals surface area (Å²) in [7, 11) is 0. The van der Waals surface area contributed by atoms with Crippen molar-refractivity contribution in [2.45, 2.75) is 57.1 Å². The summed E-state index contributed by atoms with van der Waals surface area (Å²) in [5, 5.41) is 6.55. The van der Waals surface area contributed by atoms with Crippen molar-refractivity contribution in [3.8, 4) is 5.75 Å². The van der Waals surface area contributed by atoms with Crippen LogP contribution in [-0.4, -0.2) is 31.3 Å². The van der Waals surface area contributed by atoms with Gasteiger partial charge in [0.05, 0.1) is 6.10 Å². The molecule has 1 atom stereocenters. The average molecular weight is 395 g/mol. The highest BCUT2D eigenvalue weighted by atomic mass is 16.5. The largest absolute Gasteiger partial charge is 0.491 e. The Morgan fingerprint density at radius 1 is 0.897 bits per heavy atom. The second-order valence-electron chi connectivity index (χ2n) is 7.98. The average Bonchev–Trinajstić information content (AvgIpc) is 3.28. The van der Waals surface area contributed by atoms with Crippen molar-refractivity contribution in [3.63, 3.8) is 0 Å². The molecule has 2 aromatic rings. The number of anilines is 2. The lowest BCUT2D eigenvalue weighted by Gasteiger charge is -2.23. The van der Waals surface area contributed by atoms with Crippen LogP contribution < -0.4 is 15.4 Å². The quantitative estimate of drug-likeness (QED) is 0.674. The van der Waals surface area contributed by atoms with Crippen molar-refractivity contribution in [3.05, 3.63) is 54.1 Å². The number of benzene rings is 2. The molecule has 29 heavy (non-hydrogen) atoms. The van der Waals surface area contributed by atoms with E-state index in [0.717, 1.165) is 36.6 Å². The Hall–Kier alpha value is -2.53. The van der Waals surface area contributed by atoms with Crippen molar-refractivity contribution in [2.24, 2.45) is 0 Å². The molecule has 1 saturated heterocycles. The summed E-state index contributed by atoms with van der Waals surface area (Å²) in [6.07, 6.45) is 8.80. The predicted octanol–water partition coefficient (Wildman–Crippen LogP) is 5.24. The summed E-state index contributed by atoms with van der Waals surface area (Å²) in [5.74, 6) is 0.638. The van der Waals surface area contributed by atoms with Crippen LogP contribution in [0.2, 0.25) is 0 Å². The number of hydrogen-bond acceptors (Lipinski definition) is 4. The number of nitrogens with one attached hydrogen (secondary N) is 2. The maximum Gasteiger partial charge on any atom is 0.255 e. The van der Waals surface area contributed by atoms with Crippen LogP contribution >= 0.6 is 0 Å². The zero-order valence-electron chi connectivity index (χ0n) is 16.9. The minimum Gasteiger partial charge on any atom is -0.491 e. The number of carbonyl (C=O) groups is 1. The maximum atomic E-state index is 12.5. The molecule has 0 radical (unpaired) electrons. The molecule has 154 valence electrons. The van der Waals surface area contributed by atoms with Crippen molar-refractivity contribution < 1.29 is 14.3 Å². The maximum absolute atomic E-state index is 12.5. The molecule has 1 aliphatic carbocycles. The third kappa shape index (κ3) is 5.73. The van der Waals surface area contributed by atoms with Crippen LogP contribution in [0.15, 0.2) is 48.5 Å². The van der Waals surface area contributed by atoms with Crippen LogP contribution in [-0.2, 0) is 4.74 Å². The topological polar surface area (TPSA) is 59.6 Å². The summed E-state index contributed by atoms with van der Waals surface area (Å²) >= 11 is 0. The molecule has 2 aromatic carbocycles. The van der Waals surface area contributed by atoms with Crippen molar-refractivity contribution in [2.75, 3.05) is 23.8 Å². The summed E-state index contributed by atoms with van der Waals surface area (Å²) < 4.78 is 11.3. The van der Waals surface area contributed by atoms with E-state index in [0.29, 0.717) is 18.2 Å². The normalized spacial score (nSPS) is 19.7. The van der Waals surface area contributed by atoms with Crippen LogP contribution in [0.3, 0.4) is 0 Å². The molecule has 0 spiro atoms. The van der Waals surface area contributed by atoms with E-state index in [9.17, 15) is 4.79 Å². The fourth-order valence-corrected chi connectivity index (χ4v) is 4.00. The predicted molar refractivity (Wildman–Crippen MR) is 116 cm³/mol. The molecule has 0 aromatic heterocycles. The molecule has 5 heteroatoms. The monoisotopic (exact) mass is 394 g/mol. The molecular formula is C24H30N2O3. The Balaban J connectivity index is 1.26. The molecule has 2 fully saturated rings. The molecule has 5 nitrogen and oxygen atoms in total. The van der Waals surface area contributed by atoms with E-state index in [-0.39, 0.29) is 12.0 Å². The first-order chi connectivity index (χ1) is 14.3. The van der Waals surface area contributed by atoms with Crippen LogP contribution in [0.1, 0.15) is 55.3 Å². The second kappa shape index (κ2) is 9.79. The van der Waals surface area contributed by atoms with Gasteiger partial charge in [0, 0.05) is 29.6 Å². The van der Waals surface area contributed by atoms with Gasteiger partial charge in [0.2, 0.25) is 0 Å². The van der Waals surface area contributed by atoms with Gasteiger partial charge in [0.15, 0.2) is 0 Å². The van der Waals surface area contributed by atoms with Gasteiger partial charge in [-0.15, -0.1) is 0 Å². The zero-order chi connectivity index (χ0) is 19.9. The number of rotatable bonds is 7. The van der Waals surface area contributed by atoms with E-state index in [1.165, 1.54) is 32.1 Å². The van der Waals surface area contributed by atoms with Crippen molar-refractivity contribution in [1.29, 1.82) is 0 Å². The lowest BCUT2D eigenvalue weighted by molar-refractivity contribution is 0.0679. The smallest absolute Gasteiger partial charge is 0.255 e. The van der Waals surface area contributed by atoms with Gasteiger partial charge in [-0.2, -0.15) is 0 Å². The Morgan fingerprint density at radius 2 is 1.62 bits per heavy atom. The highest BCUT2D eigenvalue weighted by Crippen LogP contribution is 2.23. The molecule has 2 aliphatic rings. The molecule has 4 rings (SSSR count). The van der Waals surface area contributed by atoms with E-state index in [1.54, 1.807) is 12.1 Å². The standard InChI is InChI=1S/C24H30N2O3/c27-24(18-8-14-22(15-9-18)29-17-23-7-4-16-28-23)26-21-12-10-20(11-13-21)25-19-5-2-1-3-6-19/h8-15,19,23,25H,1-7,16-17H2,(H,26,27). The van der Waals surface area contributed by atoms with Gasteiger partial charge in [0.1, 0.15) is 12.4 Å². The van der Waals surface area contributed by atoms with E-state index >= 15 is 0 Å². The highest BCUT2D eigenvalue weighted by molar-refractivity contribution is 6.04. The molecular weight excluding hydrogens is 364 g/mol. The van der Waals surface area contributed by atoms with Gasteiger partial charge in [-0.25, -0.2) is 0 Å². The summed E-state index contributed by atoms with van der Waals surface area (Å²) in [6.45, 7) is 1.39. The van der Waals surface area contributed by atoms with Gasteiger partial charge < -0.3 is 20.1 Å². The molecule has 2 N–H and O–H groups in total. The van der Waals surface area contributed by atoms with E-state index < -0.39 is 0 Å². The van der Waals surface area contributed by atoms with E-state index in [2.05, 4.69) is 10.6 Å². The fraction of sp³-hybridized carbons (Fsp3) is 0.458. The summed E-state index contributed by atoms with van der Waals surface area (Å²) in [4.78, 5) is 12.5. The van der Waals surface area contributed by atoms with Crippen LogP contribution in [0.25, 0.3) is 0 Å². The fourth-order valence-electron chi connectivity index (χ4n) is 4.00. The van der Waals surface area contributed by atoms with E-state index in [1.807, 2.05) is 36.4 Å². The lowest BCUT2D eigenvalue weighted by atomic mass is 9.95. The Morgan fingerprint density at radius 3 is 2.31 bits per heavy atom. The van der Waals surface area contributed by atoms with Crippen LogP contribution in [0.5, 0.6) is 5.75 Å². The summed E-state index contributed by atoms with van der Waals surface area (Å²) in [5.41, 5.74) is 2.52. The third-order valence-electron chi connectivity index (χ3n) is 5.70. The first-order valence-electron chi connectivity index (χ1n) is 10.8. The minimum atomic E-state index is -0.122. The number of amides is 1. The van der Waals surface area contributed by atoms with Gasteiger partial charge >= 0.3 is 0 Å². The van der Waals surface area contributed by atoms with Gasteiger partial charge in [-0.05, 0) is 74.2 Å². The molecule has 1 heterocycles. The van der Waals surface area contributed by atoms with Crippen LogP contribution in [0.4, 0.5) is 11.4 Å². The number of hydrogen-bond donors (Lipinski definition) is 2. The Labute approximate surface area is 172 Å². The third-order valence-corrected chi connectivity index (χ3v) is 5.70. The Bertz CT molecular complexity index is 777. The molecule has 1 saturated carbocycles. The number of ether oxygens (including phenoxy) is 2. The van der Waals surface area contributed by atoms with Crippen LogP contribution in [0, 0.1) is 0 Å². The molecule has 0 bridgehead atoms. The highest BCUT2D eigenvalue weighted by Gasteiger charge is 2.16. The first kappa shape index (κ1) is 19.8. The lowest BCUT2D eigenvalue weighted by Crippen LogP contribution is -2.22. The van der Waals surface area contributed by atoms with Gasteiger partial charge in [0.25, 0.3) is 5.91 Å². The van der Waals surface area contributed by atoms with Gasteiger partial charge in [-0.1, -0.05) is 19.3 Å². The molecule has 1 amide bonds. The molecule has 1 aliphatic heterocycles. The van der Waals surface area contributed by atoms with E-state index in [4.69, 9.17) is 9.47 Å². The summed E-state index contributed by atoms with van der Waals surface area (Å²) in [6, 6.07) is 15.8. The second-order valence-corrected chi connectivity index (χ2v) is 7.98. The SMILES string of the molecule is O=C(Nc1ccc(NC2CCCCC2)cc1)c1ccc(OCC2CCCO2)cc1. The Kier molecular flexibility index (Phi) is 6.67. The minimum absolute atomic E-state index is 0.122. The molecule has 1 unspecified atom stereocenters. The zero-order valence-corrected chi connectivity index (χ0v) is 16.9. The van der Waals surface area contributed by atoms with Gasteiger partial charge in [-0.3, -0.25) is 4.79 Å². The number of carbonyl (C=O) groups excluding carboxylic acids is 1. The first-order valence-corrected chi connectivity index (χ1v) is 10.8.